The molecule has 32 heavy (non-hydrogen) atoms. The Morgan fingerprint density at radius 2 is 2.09 bits per heavy atom. The van der Waals surface area contributed by atoms with Gasteiger partial charge in [-0.25, -0.2) is 0 Å². The van der Waals surface area contributed by atoms with E-state index in [9.17, 15) is 9.90 Å². The maximum atomic E-state index is 11.6. The molecule has 0 saturated carbocycles. The number of tetrazole rings is 1. The first-order valence-electron chi connectivity index (χ1n) is 10.5. The molecule has 1 atom stereocenters. The Labute approximate surface area is 194 Å². The van der Waals surface area contributed by atoms with Gasteiger partial charge in [0.25, 0.3) is 0 Å². The normalized spacial score (nSPS) is 15.6. The number of carboxylic acid groups (broad SMARTS) is 1. The van der Waals surface area contributed by atoms with Crippen molar-refractivity contribution >= 4 is 40.2 Å². The predicted octanol–water partition coefficient (Wildman–Crippen LogP) is 5.71. The van der Waals surface area contributed by atoms with Crippen LogP contribution in [0.5, 0.6) is 0 Å². The van der Waals surface area contributed by atoms with Gasteiger partial charge in [0.05, 0.1) is 11.9 Å². The fourth-order valence-electron chi connectivity index (χ4n) is 4.56. The van der Waals surface area contributed by atoms with Gasteiger partial charge in [-0.3, -0.25) is 4.79 Å². The molecule has 0 radical (unpaired) electrons. The second-order valence-electron chi connectivity index (χ2n) is 8.36. The second kappa shape index (κ2) is 8.26. The number of carbonyl (C=O) groups is 1. The number of nitrogens with one attached hydrogen (secondary N) is 1. The third-order valence-corrected chi connectivity index (χ3v) is 7.33. The van der Waals surface area contributed by atoms with Gasteiger partial charge in [0.1, 0.15) is 0 Å². The highest BCUT2D eigenvalue weighted by molar-refractivity contribution is 7.99. The van der Waals surface area contributed by atoms with E-state index < -0.39 is 5.97 Å². The summed E-state index contributed by atoms with van der Waals surface area (Å²) in [5.41, 5.74) is 4.29. The second-order valence-corrected chi connectivity index (χ2v) is 9.88. The van der Waals surface area contributed by atoms with Crippen LogP contribution < -0.4 is 0 Å². The molecule has 0 amide bonds. The minimum Gasteiger partial charge on any atom is -0.481 e. The van der Waals surface area contributed by atoms with Crippen molar-refractivity contribution in [2.45, 2.75) is 54.9 Å². The number of fused-ring (bicyclic) bond motifs is 3. The molecule has 4 aromatic rings. The molecule has 9 heteroatoms. The summed E-state index contributed by atoms with van der Waals surface area (Å²) < 4.78 is 2.29. The summed E-state index contributed by atoms with van der Waals surface area (Å²) in [6.45, 7) is 5.13. The molecule has 1 aliphatic rings. The van der Waals surface area contributed by atoms with Crippen molar-refractivity contribution in [1.82, 2.24) is 25.2 Å². The van der Waals surface area contributed by atoms with Crippen molar-refractivity contribution in [2.24, 2.45) is 0 Å². The fourth-order valence-corrected chi connectivity index (χ4v) is 5.90. The zero-order valence-electron chi connectivity index (χ0n) is 17.7. The van der Waals surface area contributed by atoms with Gasteiger partial charge in [-0.2, -0.15) is 5.21 Å². The highest BCUT2D eigenvalue weighted by Gasteiger charge is 2.33. The monoisotopic (exact) mass is 467 g/mol. The van der Waals surface area contributed by atoms with Crippen LogP contribution in [0.4, 0.5) is 0 Å². The first-order valence-corrected chi connectivity index (χ1v) is 11.7. The van der Waals surface area contributed by atoms with Crippen molar-refractivity contribution in [3.63, 3.8) is 0 Å². The van der Waals surface area contributed by atoms with E-state index in [1.54, 1.807) is 11.8 Å². The number of hydrogen-bond acceptors (Lipinski definition) is 5. The summed E-state index contributed by atoms with van der Waals surface area (Å²) in [6, 6.07) is 12.0. The van der Waals surface area contributed by atoms with Gasteiger partial charge in [-0.05, 0) is 59.5 Å². The van der Waals surface area contributed by atoms with Gasteiger partial charge in [0.2, 0.25) is 5.82 Å². The van der Waals surface area contributed by atoms with E-state index >= 15 is 0 Å². The molecule has 1 unspecified atom stereocenters. The zero-order valence-corrected chi connectivity index (χ0v) is 19.2. The largest absolute Gasteiger partial charge is 0.481 e. The van der Waals surface area contributed by atoms with Gasteiger partial charge in [-0.15, -0.1) is 10.2 Å². The molecule has 0 aliphatic carbocycles. The first-order chi connectivity index (χ1) is 15.4. The molecule has 2 N–H and O–H groups in total. The van der Waals surface area contributed by atoms with Gasteiger partial charge in [0, 0.05) is 43.9 Å². The SMILES string of the molecule is CC(C)c1cc(-c2nn[nH]n2)cc2c1c(Sc1ccc(Cl)cc1)c1n2CCC1CC(=O)O. The summed E-state index contributed by atoms with van der Waals surface area (Å²) >= 11 is 7.78. The van der Waals surface area contributed by atoms with Gasteiger partial charge >= 0.3 is 5.97 Å². The molecule has 2 aromatic heterocycles. The van der Waals surface area contributed by atoms with E-state index in [0.717, 1.165) is 39.5 Å². The third-order valence-electron chi connectivity index (χ3n) is 5.96. The molecule has 0 saturated heterocycles. The molecule has 1 aliphatic heterocycles. The molecule has 7 nitrogen and oxygen atoms in total. The van der Waals surface area contributed by atoms with E-state index in [-0.39, 0.29) is 18.3 Å². The number of nitrogens with zero attached hydrogens (tertiary/aromatic N) is 4. The number of benzene rings is 2. The standard InChI is InChI=1S/C23H22ClN5O2S/c1-12(2)17-9-14(23-25-27-28-26-23)10-18-20(17)22(32-16-5-3-15(24)4-6-16)21-13(11-19(30)31)7-8-29(18)21/h3-6,9-10,12-13H,7-8,11H2,1-2H3,(H,30,31)(H,25,26,27,28). The lowest BCUT2D eigenvalue weighted by molar-refractivity contribution is -0.137. The summed E-state index contributed by atoms with van der Waals surface area (Å²) in [6.07, 6.45) is 0.939. The Morgan fingerprint density at radius 3 is 2.75 bits per heavy atom. The minimum absolute atomic E-state index is 0.0247. The lowest BCUT2D eigenvalue weighted by Crippen LogP contribution is -2.04. The molecule has 0 fully saturated rings. The minimum atomic E-state index is -0.771. The molecule has 0 bridgehead atoms. The Kier molecular flexibility index (Phi) is 5.43. The number of hydrogen-bond donors (Lipinski definition) is 2. The van der Waals surface area contributed by atoms with Crippen LogP contribution in [0.15, 0.2) is 46.2 Å². The average molecular weight is 468 g/mol. The van der Waals surface area contributed by atoms with Crippen LogP contribution >= 0.6 is 23.4 Å². The summed E-state index contributed by atoms with van der Waals surface area (Å²) in [4.78, 5) is 13.8. The van der Waals surface area contributed by atoms with Crippen LogP contribution in [0.2, 0.25) is 5.02 Å². The average Bonchev–Trinajstić information content (AvgIpc) is 3.48. The summed E-state index contributed by atoms with van der Waals surface area (Å²) in [7, 11) is 0. The summed E-state index contributed by atoms with van der Waals surface area (Å²) in [5.74, 6) is 0.0161. The maximum absolute atomic E-state index is 11.6. The van der Waals surface area contributed by atoms with Crippen molar-refractivity contribution in [2.75, 3.05) is 0 Å². The number of halogens is 1. The Balaban J connectivity index is 1.77. The van der Waals surface area contributed by atoms with Crippen LogP contribution in [0.25, 0.3) is 22.3 Å². The van der Waals surface area contributed by atoms with Crippen LogP contribution in [0.3, 0.4) is 0 Å². The Bertz CT molecular complexity index is 1300. The number of rotatable bonds is 6. The Morgan fingerprint density at radius 1 is 1.31 bits per heavy atom. The number of carboxylic acids is 1. The van der Waals surface area contributed by atoms with Gasteiger partial charge in [-0.1, -0.05) is 37.2 Å². The smallest absolute Gasteiger partial charge is 0.304 e. The molecule has 3 heterocycles. The first kappa shape index (κ1) is 21.0. The molecular formula is C23H22ClN5O2S. The maximum Gasteiger partial charge on any atom is 0.304 e. The fraction of sp³-hybridized carbons (Fsp3) is 0.304. The number of H-pyrrole nitrogens is 1. The quantitative estimate of drug-likeness (QED) is 0.377. The third kappa shape index (κ3) is 3.67. The number of aromatic amines is 1. The van der Waals surface area contributed by atoms with E-state index in [1.807, 2.05) is 24.3 Å². The van der Waals surface area contributed by atoms with Crippen LogP contribution in [-0.4, -0.2) is 36.3 Å². The van der Waals surface area contributed by atoms with E-state index in [2.05, 4.69) is 51.2 Å². The summed E-state index contributed by atoms with van der Waals surface area (Å²) in [5, 5.41) is 26.0. The van der Waals surface area contributed by atoms with Crippen molar-refractivity contribution in [3.05, 3.63) is 52.7 Å². The molecular weight excluding hydrogens is 446 g/mol. The van der Waals surface area contributed by atoms with Crippen LogP contribution in [0, 0.1) is 0 Å². The van der Waals surface area contributed by atoms with Crippen molar-refractivity contribution in [3.8, 4) is 11.4 Å². The van der Waals surface area contributed by atoms with Crippen LogP contribution in [0.1, 0.15) is 49.8 Å². The lowest BCUT2D eigenvalue weighted by atomic mass is 9.94. The van der Waals surface area contributed by atoms with E-state index in [4.69, 9.17) is 11.6 Å². The lowest BCUT2D eigenvalue weighted by Gasteiger charge is -2.14. The van der Waals surface area contributed by atoms with Gasteiger partial charge < -0.3 is 9.67 Å². The van der Waals surface area contributed by atoms with Crippen molar-refractivity contribution < 1.29 is 9.90 Å². The van der Waals surface area contributed by atoms with E-state index in [1.165, 1.54) is 10.9 Å². The number of aromatic nitrogens is 5. The number of aliphatic carboxylic acids is 1. The van der Waals surface area contributed by atoms with Crippen molar-refractivity contribution in [1.29, 1.82) is 0 Å². The Hall–Kier alpha value is -2.84. The zero-order chi connectivity index (χ0) is 22.4. The predicted molar refractivity (Wildman–Crippen MR) is 124 cm³/mol. The molecule has 0 spiro atoms. The molecule has 2 aromatic carbocycles. The molecule has 164 valence electrons. The topological polar surface area (TPSA) is 96.7 Å². The van der Waals surface area contributed by atoms with E-state index in [0.29, 0.717) is 10.8 Å². The molecule has 5 rings (SSSR count). The highest BCUT2D eigenvalue weighted by Crippen LogP contribution is 2.49. The number of aryl methyl sites for hydroxylation is 1. The highest BCUT2D eigenvalue weighted by atomic mass is 35.5. The van der Waals surface area contributed by atoms with Crippen LogP contribution in [-0.2, 0) is 11.3 Å². The van der Waals surface area contributed by atoms with Gasteiger partial charge in [0.15, 0.2) is 0 Å².